The van der Waals surface area contributed by atoms with E-state index >= 15 is 0 Å². The van der Waals surface area contributed by atoms with Gasteiger partial charge in [-0.3, -0.25) is 10.1 Å². The Kier molecular flexibility index (Phi) is 2.50. The Morgan fingerprint density at radius 2 is 2.29 bits per heavy atom. The van der Waals surface area contributed by atoms with E-state index in [2.05, 4.69) is 10.1 Å². The first-order valence-electron chi connectivity index (χ1n) is 4.38. The average molecular weight is 233 g/mol. The monoisotopic (exact) mass is 233 g/mol. The highest BCUT2D eigenvalue weighted by Gasteiger charge is 2.17. The number of hydrogen-bond donors (Lipinski definition) is 0. The standard InChI is InChI=1S/C9H4FN5O2/c10-6-1-2-7(15(16)17)8(3-6)14-5-12-9(4-11)13-14/h1-3,5H. The molecule has 1 aromatic heterocycles. The van der Waals surface area contributed by atoms with Crippen LogP contribution in [0.3, 0.4) is 0 Å². The molecule has 0 fully saturated rings. The average Bonchev–Trinajstić information content (AvgIpc) is 2.76. The minimum atomic E-state index is -0.664. The van der Waals surface area contributed by atoms with Crippen LogP contribution < -0.4 is 0 Å². The van der Waals surface area contributed by atoms with Gasteiger partial charge >= 0.3 is 0 Å². The van der Waals surface area contributed by atoms with Gasteiger partial charge in [-0.15, -0.1) is 5.10 Å². The van der Waals surface area contributed by atoms with Crippen LogP contribution in [0.25, 0.3) is 5.69 Å². The molecule has 0 radical (unpaired) electrons. The lowest BCUT2D eigenvalue weighted by atomic mass is 10.2. The Morgan fingerprint density at radius 1 is 1.53 bits per heavy atom. The first-order chi connectivity index (χ1) is 8.11. The second kappa shape index (κ2) is 3.97. The number of nitrogens with zero attached hydrogens (tertiary/aromatic N) is 5. The number of nitriles is 1. The fourth-order valence-corrected chi connectivity index (χ4v) is 1.26. The van der Waals surface area contributed by atoms with Crippen LogP contribution in [0.4, 0.5) is 10.1 Å². The summed E-state index contributed by atoms with van der Waals surface area (Å²) in [5, 5.41) is 22.9. The van der Waals surface area contributed by atoms with E-state index in [-0.39, 0.29) is 17.2 Å². The number of nitro benzene ring substituents is 1. The number of nitro groups is 1. The van der Waals surface area contributed by atoms with Crippen LogP contribution in [0.2, 0.25) is 0 Å². The molecule has 0 aliphatic heterocycles. The van der Waals surface area contributed by atoms with Gasteiger partial charge in [-0.2, -0.15) is 5.26 Å². The molecule has 0 bridgehead atoms. The van der Waals surface area contributed by atoms with Gasteiger partial charge in [-0.1, -0.05) is 0 Å². The predicted octanol–water partition coefficient (Wildman–Crippen LogP) is 1.19. The van der Waals surface area contributed by atoms with E-state index < -0.39 is 10.7 Å². The van der Waals surface area contributed by atoms with Crippen LogP contribution in [0.5, 0.6) is 0 Å². The number of hydrogen-bond acceptors (Lipinski definition) is 5. The fourth-order valence-electron chi connectivity index (χ4n) is 1.26. The number of rotatable bonds is 2. The van der Waals surface area contributed by atoms with Crippen LogP contribution in [-0.2, 0) is 0 Å². The molecule has 84 valence electrons. The zero-order valence-corrected chi connectivity index (χ0v) is 8.24. The van der Waals surface area contributed by atoms with Crippen molar-refractivity contribution in [1.82, 2.24) is 14.8 Å². The molecule has 0 N–H and O–H groups in total. The predicted molar refractivity (Wildman–Crippen MR) is 52.7 cm³/mol. The molecule has 0 saturated heterocycles. The summed E-state index contributed by atoms with van der Waals surface area (Å²) >= 11 is 0. The first-order valence-corrected chi connectivity index (χ1v) is 4.38. The van der Waals surface area contributed by atoms with E-state index in [4.69, 9.17) is 5.26 Å². The van der Waals surface area contributed by atoms with Gasteiger partial charge in [0.2, 0.25) is 0 Å². The minimum Gasteiger partial charge on any atom is -0.258 e. The van der Waals surface area contributed by atoms with Crippen LogP contribution in [0.15, 0.2) is 24.5 Å². The summed E-state index contributed by atoms with van der Waals surface area (Å²) in [6, 6.07) is 4.63. The molecule has 7 nitrogen and oxygen atoms in total. The Labute approximate surface area is 93.9 Å². The molecular formula is C9H4FN5O2. The third-order valence-electron chi connectivity index (χ3n) is 1.97. The molecule has 2 aromatic rings. The highest BCUT2D eigenvalue weighted by atomic mass is 19.1. The maximum Gasteiger partial charge on any atom is 0.295 e. The third kappa shape index (κ3) is 1.93. The molecule has 0 amide bonds. The van der Waals surface area contributed by atoms with Crippen molar-refractivity contribution in [2.45, 2.75) is 0 Å². The van der Waals surface area contributed by atoms with Gasteiger partial charge < -0.3 is 0 Å². The molecule has 0 saturated carbocycles. The summed E-state index contributed by atoms with van der Waals surface area (Å²) in [5.41, 5.74) is -0.398. The van der Waals surface area contributed by atoms with Crippen LogP contribution >= 0.6 is 0 Å². The lowest BCUT2D eigenvalue weighted by Gasteiger charge is -2.01. The number of benzene rings is 1. The molecule has 0 atom stereocenters. The molecular weight excluding hydrogens is 229 g/mol. The van der Waals surface area contributed by atoms with Gasteiger partial charge in [0.1, 0.15) is 23.9 Å². The lowest BCUT2D eigenvalue weighted by molar-refractivity contribution is -0.384. The van der Waals surface area contributed by atoms with Gasteiger partial charge in [0, 0.05) is 12.1 Å². The van der Waals surface area contributed by atoms with Gasteiger partial charge in [0.25, 0.3) is 11.5 Å². The SMILES string of the molecule is N#Cc1ncn(-c2cc(F)ccc2[N+](=O)[O-])n1. The first kappa shape index (κ1) is 10.7. The van der Waals surface area contributed by atoms with Crippen molar-refractivity contribution in [3.63, 3.8) is 0 Å². The topological polar surface area (TPSA) is 97.6 Å². The molecule has 1 aromatic carbocycles. The highest BCUT2D eigenvalue weighted by Crippen LogP contribution is 2.22. The maximum absolute atomic E-state index is 13.0. The molecule has 1 heterocycles. The van der Waals surface area contributed by atoms with E-state index in [0.717, 1.165) is 29.2 Å². The van der Waals surface area contributed by atoms with Crippen LogP contribution in [0, 0.1) is 27.3 Å². The van der Waals surface area contributed by atoms with Gasteiger partial charge in [0.15, 0.2) is 0 Å². The van der Waals surface area contributed by atoms with Crippen molar-refractivity contribution >= 4 is 5.69 Å². The molecule has 0 unspecified atom stereocenters. The van der Waals surface area contributed by atoms with Crippen molar-refractivity contribution in [2.75, 3.05) is 0 Å². The van der Waals surface area contributed by atoms with E-state index in [1.54, 1.807) is 6.07 Å². The summed E-state index contributed by atoms with van der Waals surface area (Å²) in [6.07, 6.45) is 1.11. The quantitative estimate of drug-likeness (QED) is 0.573. The van der Waals surface area contributed by atoms with Crippen molar-refractivity contribution in [2.24, 2.45) is 0 Å². The van der Waals surface area contributed by atoms with Crippen molar-refractivity contribution < 1.29 is 9.31 Å². The summed E-state index contributed by atoms with van der Waals surface area (Å²) in [6.45, 7) is 0. The van der Waals surface area contributed by atoms with Gasteiger partial charge in [0.05, 0.1) is 4.92 Å². The summed E-state index contributed by atoms with van der Waals surface area (Å²) in [4.78, 5) is 13.7. The summed E-state index contributed by atoms with van der Waals surface area (Å²) in [7, 11) is 0. The Balaban J connectivity index is 2.61. The molecule has 8 heteroatoms. The van der Waals surface area contributed by atoms with Gasteiger partial charge in [-0.25, -0.2) is 14.1 Å². The third-order valence-corrected chi connectivity index (χ3v) is 1.97. The molecule has 17 heavy (non-hydrogen) atoms. The van der Waals surface area contributed by atoms with Crippen molar-refractivity contribution in [3.8, 4) is 11.8 Å². The second-order valence-corrected chi connectivity index (χ2v) is 3.01. The van der Waals surface area contributed by atoms with Crippen LogP contribution in [0.1, 0.15) is 5.82 Å². The van der Waals surface area contributed by atoms with E-state index in [9.17, 15) is 14.5 Å². The fraction of sp³-hybridized carbons (Fsp3) is 0. The number of halogens is 1. The highest BCUT2D eigenvalue weighted by molar-refractivity contribution is 5.51. The summed E-state index contributed by atoms with van der Waals surface area (Å²) < 4.78 is 14.0. The lowest BCUT2D eigenvalue weighted by Crippen LogP contribution is -2.01. The summed E-state index contributed by atoms with van der Waals surface area (Å²) in [5.74, 6) is -0.789. The van der Waals surface area contributed by atoms with E-state index in [1.807, 2.05) is 0 Å². The van der Waals surface area contributed by atoms with Crippen molar-refractivity contribution in [1.29, 1.82) is 5.26 Å². The molecule has 0 aliphatic rings. The zero-order chi connectivity index (χ0) is 12.4. The molecule has 2 rings (SSSR count). The molecule has 0 spiro atoms. The van der Waals surface area contributed by atoms with Gasteiger partial charge in [-0.05, 0) is 6.07 Å². The Bertz CT molecular complexity index is 631. The second-order valence-electron chi connectivity index (χ2n) is 3.01. The van der Waals surface area contributed by atoms with Crippen molar-refractivity contribution in [3.05, 3.63) is 46.3 Å². The Hall–Kier alpha value is -2.82. The van der Waals surface area contributed by atoms with E-state index in [1.165, 1.54) is 0 Å². The smallest absolute Gasteiger partial charge is 0.258 e. The van der Waals surface area contributed by atoms with Crippen LogP contribution in [-0.4, -0.2) is 19.7 Å². The maximum atomic E-state index is 13.0. The van der Waals surface area contributed by atoms with E-state index in [0.29, 0.717) is 0 Å². The largest absolute Gasteiger partial charge is 0.295 e. The molecule has 0 aliphatic carbocycles. The zero-order valence-electron chi connectivity index (χ0n) is 8.24. The Morgan fingerprint density at radius 3 is 2.88 bits per heavy atom. The number of aromatic nitrogens is 3. The normalized spacial score (nSPS) is 9.88. The minimum absolute atomic E-state index is 0.0796.